The van der Waals surface area contributed by atoms with Gasteiger partial charge in [-0.1, -0.05) is 13.8 Å². The number of hydrogen-bond donors (Lipinski definition) is 2. The Balaban J connectivity index is 1.46. The molecule has 2 amide bonds. The number of amides is 2. The molecular weight excluding hydrogens is 389 g/mol. The minimum atomic E-state index is -0.358. The van der Waals surface area contributed by atoms with Gasteiger partial charge in [0.2, 0.25) is 11.8 Å². The van der Waals surface area contributed by atoms with E-state index >= 15 is 0 Å². The zero-order valence-electron chi connectivity index (χ0n) is 16.4. The molecule has 2 aromatic carbocycles. The van der Waals surface area contributed by atoms with E-state index in [0.717, 1.165) is 23.1 Å². The molecule has 0 spiro atoms. The van der Waals surface area contributed by atoms with E-state index in [0.29, 0.717) is 11.6 Å². The molecule has 3 aromatic rings. The largest absolute Gasteiger partial charge is 0.347 e. The quantitative estimate of drug-likeness (QED) is 0.560. The summed E-state index contributed by atoms with van der Waals surface area (Å²) in [6.07, 6.45) is 2.06. The molecule has 0 atom stereocenters. The van der Waals surface area contributed by atoms with E-state index < -0.39 is 0 Å². The molecule has 0 saturated heterocycles. The van der Waals surface area contributed by atoms with Crippen LogP contribution in [0.25, 0.3) is 10.9 Å². The molecule has 5 nitrogen and oxygen atoms in total. The van der Waals surface area contributed by atoms with Crippen LogP contribution in [-0.2, 0) is 16.1 Å². The number of hydrogen-bond acceptors (Lipinski definition) is 3. The summed E-state index contributed by atoms with van der Waals surface area (Å²) in [4.78, 5) is 24.1. The van der Waals surface area contributed by atoms with Crippen molar-refractivity contribution in [3.05, 3.63) is 60.5 Å². The summed E-state index contributed by atoms with van der Waals surface area (Å²) in [6.45, 7) is 5.31. The normalized spacial score (nSPS) is 11.0. The highest BCUT2D eigenvalue weighted by molar-refractivity contribution is 8.00. The second kappa shape index (κ2) is 9.60. The molecule has 2 N–H and O–H groups in total. The smallest absolute Gasteiger partial charge is 0.234 e. The summed E-state index contributed by atoms with van der Waals surface area (Å²) in [5, 5.41) is 6.62. The SMILES string of the molecule is CC(C)Cn1ccc2cc(NC(=O)CSCC(=O)Nc3ccc(F)cc3)ccc21. The van der Waals surface area contributed by atoms with Gasteiger partial charge in [0.1, 0.15) is 5.82 Å². The van der Waals surface area contributed by atoms with Gasteiger partial charge >= 0.3 is 0 Å². The maximum absolute atomic E-state index is 12.9. The second-order valence-electron chi connectivity index (χ2n) is 7.23. The first-order valence-corrected chi connectivity index (χ1v) is 10.6. The lowest BCUT2D eigenvalue weighted by molar-refractivity contribution is -0.114. The number of nitrogens with one attached hydrogen (secondary N) is 2. The van der Waals surface area contributed by atoms with E-state index in [1.165, 1.54) is 36.0 Å². The van der Waals surface area contributed by atoms with Crippen LogP contribution in [0.15, 0.2) is 54.7 Å². The highest BCUT2D eigenvalue weighted by Gasteiger charge is 2.09. The third kappa shape index (κ3) is 6.09. The molecule has 0 bridgehead atoms. The number of fused-ring (bicyclic) bond motifs is 1. The summed E-state index contributed by atoms with van der Waals surface area (Å²) in [7, 11) is 0. The summed E-state index contributed by atoms with van der Waals surface area (Å²) in [6, 6.07) is 13.5. The number of thioether (sulfide) groups is 1. The minimum Gasteiger partial charge on any atom is -0.347 e. The maximum atomic E-state index is 12.9. The van der Waals surface area contributed by atoms with Crippen LogP contribution < -0.4 is 10.6 Å². The fraction of sp³-hybridized carbons (Fsp3) is 0.273. The molecule has 0 saturated carbocycles. The highest BCUT2D eigenvalue weighted by Crippen LogP contribution is 2.22. The summed E-state index contributed by atoms with van der Waals surface area (Å²) in [5.41, 5.74) is 2.41. The molecule has 1 heterocycles. The first-order chi connectivity index (χ1) is 13.9. The predicted molar refractivity (Wildman–Crippen MR) is 118 cm³/mol. The number of nitrogens with zero attached hydrogens (tertiary/aromatic N) is 1. The Labute approximate surface area is 173 Å². The zero-order valence-corrected chi connectivity index (χ0v) is 17.3. The fourth-order valence-electron chi connectivity index (χ4n) is 2.99. The maximum Gasteiger partial charge on any atom is 0.234 e. The summed E-state index contributed by atoms with van der Waals surface area (Å²) >= 11 is 1.22. The number of carbonyl (C=O) groups is 2. The number of rotatable bonds is 8. The first-order valence-electron chi connectivity index (χ1n) is 9.42. The molecule has 0 unspecified atom stereocenters. The van der Waals surface area contributed by atoms with Crippen molar-refractivity contribution in [2.24, 2.45) is 5.92 Å². The first kappa shape index (κ1) is 20.9. The average molecular weight is 414 g/mol. The van der Waals surface area contributed by atoms with Crippen molar-refractivity contribution in [2.75, 3.05) is 22.1 Å². The van der Waals surface area contributed by atoms with Crippen LogP contribution in [0.2, 0.25) is 0 Å². The van der Waals surface area contributed by atoms with E-state index in [-0.39, 0.29) is 29.1 Å². The van der Waals surface area contributed by atoms with Crippen molar-refractivity contribution in [2.45, 2.75) is 20.4 Å². The van der Waals surface area contributed by atoms with Gasteiger partial charge in [0.05, 0.1) is 11.5 Å². The highest BCUT2D eigenvalue weighted by atomic mass is 32.2. The van der Waals surface area contributed by atoms with Crippen molar-refractivity contribution in [1.29, 1.82) is 0 Å². The van der Waals surface area contributed by atoms with Gasteiger partial charge in [0.25, 0.3) is 0 Å². The lowest BCUT2D eigenvalue weighted by atomic mass is 10.2. The van der Waals surface area contributed by atoms with Gasteiger partial charge in [-0.15, -0.1) is 11.8 Å². The Hall–Kier alpha value is -2.80. The van der Waals surface area contributed by atoms with Gasteiger partial charge in [0.15, 0.2) is 0 Å². The van der Waals surface area contributed by atoms with Gasteiger partial charge in [-0.25, -0.2) is 4.39 Å². The third-order valence-corrected chi connectivity index (χ3v) is 5.14. The minimum absolute atomic E-state index is 0.141. The molecule has 0 aliphatic carbocycles. The van der Waals surface area contributed by atoms with Gasteiger partial charge in [0, 0.05) is 35.0 Å². The number of carbonyl (C=O) groups excluding carboxylic acids is 2. The second-order valence-corrected chi connectivity index (χ2v) is 8.22. The van der Waals surface area contributed by atoms with Gasteiger partial charge < -0.3 is 15.2 Å². The summed E-state index contributed by atoms with van der Waals surface area (Å²) in [5.74, 6) is 0.115. The van der Waals surface area contributed by atoms with Crippen molar-refractivity contribution in [3.63, 3.8) is 0 Å². The van der Waals surface area contributed by atoms with Crippen molar-refractivity contribution in [1.82, 2.24) is 4.57 Å². The Morgan fingerprint density at radius 3 is 2.24 bits per heavy atom. The molecule has 0 aliphatic rings. The lowest BCUT2D eigenvalue weighted by Crippen LogP contribution is -2.18. The van der Waals surface area contributed by atoms with E-state index in [9.17, 15) is 14.0 Å². The number of anilines is 2. The van der Waals surface area contributed by atoms with Crippen molar-refractivity contribution >= 4 is 45.9 Å². The molecular formula is C22H24FN3O2S. The Morgan fingerprint density at radius 1 is 0.966 bits per heavy atom. The van der Waals surface area contributed by atoms with Crippen molar-refractivity contribution in [3.8, 4) is 0 Å². The molecule has 29 heavy (non-hydrogen) atoms. The van der Waals surface area contributed by atoms with E-state index in [1.54, 1.807) is 0 Å². The lowest BCUT2D eigenvalue weighted by Gasteiger charge is -2.09. The molecule has 152 valence electrons. The number of halogens is 1. The van der Waals surface area contributed by atoms with Crippen LogP contribution in [0.4, 0.5) is 15.8 Å². The van der Waals surface area contributed by atoms with Crippen LogP contribution in [0.1, 0.15) is 13.8 Å². The Kier molecular flexibility index (Phi) is 6.93. The topological polar surface area (TPSA) is 63.1 Å². The van der Waals surface area contributed by atoms with Gasteiger partial charge in [-0.05, 0) is 54.4 Å². The van der Waals surface area contributed by atoms with E-state index in [4.69, 9.17) is 0 Å². The molecule has 0 aliphatic heterocycles. The van der Waals surface area contributed by atoms with Crippen LogP contribution in [0.5, 0.6) is 0 Å². The van der Waals surface area contributed by atoms with E-state index in [1.807, 2.05) is 24.3 Å². The standard InChI is InChI=1S/C22H24FN3O2S/c1-15(2)12-26-10-9-16-11-19(7-8-20(16)26)25-22(28)14-29-13-21(27)24-18-5-3-17(23)4-6-18/h3-11,15H,12-14H2,1-2H3,(H,24,27)(H,25,28). The molecule has 1 aromatic heterocycles. The molecule has 0 radical (unpaired) electrons. The van der Waals surface area contributed by atoms with Crippen LogP contribution in [-0.4, -0.2) is 27.9 Å². The average Bonchev–Trinajstić information content (AvgIpc) is 3.05. The zero-order chi connectivity index (χ0) is 20.8. The molecule has 3 rings (SSSR count). The Bertz CT molecular complexity index is 999. The Morgan fingerprint density at radius 2 is 1.59 bits per heavy atom. The van der Waals surface area contributed by atoms with Crippen LogP contribution in [0, 0.1) is 11.7 Å². The van der Waals surface area contributed by atoms with Gasteiger partial charge in [-0.2, -0.15) is 0 Å². The number of aromatic nitrogens is 1. The number of benzene rings is 2. The van der Waals surface area contributed by atoms with Crippen LogP contribution >= 0.6 is 11.8 Å². The fourth-order valence-corrected chi connectivity index (χ4v) is 3.61. The van der Waals surface area contributed by atoms with E-state index in [2.05, 4.69) is 35.2 Å². The predicted octanol–water partition coefficient (Wildman–Crippen LogP) is 4.75. The third-order valence-electron chi connectivity index (χ3n) is 4.21. The molecule has 0 fully saturated rings. The van der Waals surface area contributed by atoms with Gasteiger partial charge in [-0.3, -0.25) is 9.59 Å². The molecule has 7 heteroatoms. The monoisotopic (exact) mass is 413 g/mol. The van der Waals surface area contributed by atoms with Crippen molar-refractivity contribution < 1.29 is 14.0 Å². The summed E-state index contributed by atoms with van der Waals surface area (Å²) < 4.78 is 15.1. The van der Waals surface area contributed by atoms with Crippen LogP contribution in [0.3, 0.4) is 0 Å².